The number of amides is 1. The number of carbonyl (C=O) groups is 1. The number of carbonyl (C=O) groups excluding carboxylic acids is 1. The molecule has 0 unspecified atom stereocenters. The van der Waals surface area contributed by atoms with Crippen LogP contribution in [0.4, 0.5) is 13.2 Å². The lowest BCUT2D eigenvalue weighted by atomic mass is 10.1. The van der Waals surface area contributed by atoms with E-state index >= 15 is 0 Å². The smallest absolute Gasteiger partial charge is 0.277 e. The van der Waals surface area contributed by atoms with E-state index in [-0.39, 0.29) is 18.0 Å². The van der Waals surface area contributed by atoms with Gasteiger partial charge in [0.2, 0.25) is 0 Å². The topological polar surface area (TPSA) is 55.1 Å². The van der Waals surface area contributed by atoms with Crippen molar-refractivity contribution < 1.29 is 18.0 Å². The van der Waals surface area contributed by atoms with Crippen LogP contribution in [0, 0.1) is 12.7 Å². The highest BCUT2D eigenvalue weighted by molar-refractivity contribution is 5.94. The van der Waals surface area contributed by atoms with Crippen LogP contribution < -0.4 is 11.1 Å². The molecule has 18 heavy (non-hydrogen) atoms. The van der Waals surface area contributed by atoms with Gasteiger partial charge in [0.25, 0.3) is 11.8 Å². The quantitative estimate of drug-likeness (QED) is 0.886. The molecule has 0 bridgehead atoms. The van der Waals surface area contributed by atoms with Crippen molar-refractivity contribution in [2.45, 2.75) is 12.8 Å². The van der Waals surface area contributed by atoms with E-state index in [0.717, 1.165) is 6.07 Å². The fourth-order valence-corrected chi connectivity index (χ4v) is 1.25. The van der Waals surface area contributed by atoms with Crippen LogP contribution in [0.5, 0.6) is 0 Å². The minimum atomic E-state index is -3.15. The Bertz CT molecular complexity index is 406. The van der Waals surface area contributed by atoms with Gasteiger partial charge in [-0.3, -0.25) is 4.79 Å². The molecule has 1 rings (SSSR count). The molecule has 0 spiro atoms. The number of benzene rings is 1. The third-order valence-corrected chi connectivity index (χ3v) is 2.11. The molecule has 3 N–H and O–H groups in total. The van der Waals surface area contributed by atoms with Gasteiger partial charge in [0.05, 0.1) is 13.1 Å². The number of aryl methyl sites for hydroxylation is 1. The summed E-state index contributed by atoms with van der Waals surface area (Å²) >= 11 is 0. The average molecular weight is 283 g/mol. The summed E-state index contributed by atoms with van der Waals surface area (Å²) in [7, 11) is 0. The molecule has 3 nitrogen and oxygen atoms in total. The SMILES string of the molecule is Cc1cc(F)cc(C(=O)NCC(F)(F)CN)c1.Cl. The van der Waals surface area contributed by atoms with E-state index in [1.54, 1.807) is 6.92 Å². The molecule has 0 radical (unpaired) electrons. The molecule has 0 saturated heterocycles. The lowest BCUT2D eigenvalue weighted by Gasteiger charge is -2.14. The third kappa shape index (κ3) is 4.93. The van der Waals surface area contributed by atoms with Crippen molar-refractivity contribution in [3.05, 3.63) is 35.1 Å². The first-order chi connectivity index (χ1) is 7.84. The molecule has 1 amide bonds. The van der Waals surface area contributed by atoms with Crippen molar-refractivity contribution in [3.8, 4) is 0 Å². The van der Waals surface area contributed by atoms with Gasteiger partial charge in [-0.1, -0.05) is 0 Å². The number of nitrogens with one attached hydrogen (secondary N) is 1. The van der Waals surface area contributed by atoms with Gasteiger partial charge >= 0.3 is 0 Å². The molecule has 102 valence electrons. The molecule has 0 saturated carbocycles. The normalized spacial score (nSPS) is 10.7. The molecule has 0 aliphatic heterocycles. The molecular formula is C11H14ClF3N2O. The Morgan fingerprint density at radius 2 is 2.00 bits per heavy atom. The monoisotopic (exact) mass is 282 g/mol. The highest BCUT2D eigenvalue weighted by Crippen LogP contribution is 2.11. The Kier molecular flexibility index (Phi) is 6.14. The third-order valence-electron chi connectivity index (χ3n) is 2.11. The summed E-state index contributed by atoms with van der Waals surface area (Å²) in [5.41, 5.74) is 5.37. The predicted molar refractivity (Wildman–Crippen MR) is 64.7 cm³/mol. The van der Waals surface area contributed by atoms with Crippen molar-refractivity contribution in [3.63, 3.8) is 0 Å². The zero-order chi connectivity index (χ0) is 13.1. The summed E-state index contributed by atoms with van der Waals surface area (Å²) in [4.78, 5) is 11.5. The van der Waals surface area contributed by atoms with Gasteiger partial charge in [-0.05, 0) is 30.7 Å². The van der Waals surface area contributed by atoms with Crippen LogP contribution in [-0.2, 0) is 0 Å². The van der Waals surface area contributed by atoms with E-state index in [9.17, 15) is 18.0 Å². The molecule has 0 aliphatic carbocycles. The van der Waals surface area contributed by atoms with Gasteiger partial charge in [0.1, 0.15) is 5.82 Å². The fraction of sp³-hybridized carbons (Fsp3) is 0.364. The molecule has 0 atom stereocenters. The van der Waals surface area contributed by atoms with Gasteiger partial charge < -0.3 is 11.1 Å². The average Bonchev–Trinajstić information content (AvgIpc) is 2.24. The van der Waals surface area contributed by atoms with E-state index < -0.39 is 30.7 Å². The minimum absolute atomic E-state index is 0. The Morgan fingerprint density at radius 1 is 1.39 bits per heavy atom. The second-order valence-corrected chi connectivity index (χ2v) is 3.76. The van der Waals surface area contributed by atoms with Gasteiger partial charge in [0, 0.05) is 5.56 Å². The number of hydrogen-bond donors (Lipinski definition) is 2. The van der Waals surface area contributed by atoms with Crippen molar-refractivity contribution in [2.24, 2.45) is 5.73 Å². The summed E-state index contributed by atoms with van der Waals surface area (Å²) in [6, 6.07) is 3.65. The van der Waals surface area contributed by atoms with Crippen LogP contribution in [0.25, 0.3) is 0 Å². The van der Waals surface area contributed by atoms with Crippen LogP contribution in [-0.4, -0.2) is 24.9 Å². The maximum absolute atomic E-state index is 13.0. The molecule has 0 aliphatic rings. The van der Waals surface area contributed by atoms with Gasteiger partial charge in [-0.15, -0.1) is 12.4 Å². The first kappa shape index (κ1) is 16.7. The van der Waals surface area contributed by atoms with Gasteiger partial charge in [0.15, 0.2) is 0 Å². The summed E-state index contributed by atoms with van der Waals surface area (Å²) in [5, 5.41) is 2.01. The van der Waals surface area contributed by atoms with Crippen LogP contribution in [0.3, 0.4) is 0 Å². The highest BCUT2D eigenvalue weighted by atomic mass is 35.5. The van der Waals surface area contributed by atoms with Crippen molar-refractivity contribution in [1.29, 1.82) is 0 Å². The second kappa shape index (κ2) is 6.61. The van der Waals surface area contributed by atoms with Gasteiger partial charge in [-0.25, -0.2) is 13.2 Å². The summed E-state index contributed by atoms with van der Waals surface area (Å²) < 4.78 is 38.5. The maximum Gasteiger partial charge on any atom is 0.277 e. The van der Waals surface area contributed by atoms with Crippen molar-refractivity contribution in [2.75, 3.05) is 13.1 Å². The zero-order valence-corrected chi connectivity index (χ0v) is 10.5. The molecule has 0 heterocycles. The number of rotatable bonds is 4. The number of alkyl halides is 2. The maximum atomic E-state index is 13.0. The van der Waals surface area contributed by atoms with Gasteiger partial charge in [-0.2, -0.15) is 0 Å². The lowest BCUT2D eigenvalue weighted by Crippen LogP contribution is -2.41. The molecule has 0 fully saturated rings. The van der Waals surface area contributed by atoms with Crippen molar-refractivity contribution in [1.82, 2.24) is 5.32 Å². The first-order valence-corrected chi connectivity index (χ1v) is 4.97. The second-order valence-electron chi connectivity index (χ2n) is 3.76. The summed E-state index contributed by atoms with van der Waals surface area (Å²) in [6.07, 6.45) is 0. The molecule has 7 heteroatoms. The van der Waals surface area contributed by atoms with Crippen LogP contribution in [0.2, 0.25) is 0 Å². The minimum Gasteiger partial charge on any atom is -0.346 e. The number of nitrogens with two attached hydrogens (primary N) is 1. The van der Waals surface area contributed by atoms with Crippen LogP contribution in [0.15, 0.2) is 18.2 Å². The number of halogens is 4. The highest BCUT2D eigenvalue weighted by Gasteiger charge is 2.27. The van der Waals surface area contributed by atoms with Crippen LogP contribution in [0.1, 0.15) is 15.9 Å². The molecule has 0 aromatic heterocycles. The van der Waals surface area contributed by atoms with E-state index in [4.69, 9.17) is 5.73 Å². The molecule has 1 aromatic carbocycles. The Balaban J connectivity index is 0.00000289. The van der Waals surface area contributed by atoms with E-state index in [2.05, 4.69) is 0 Å². The fourth-order valence-electron chi connectivity index (χ4n) is 1.25. The van der Waals surface area contributed by atoms with E-state index in [1.165, 1.54) is 12.1 Å². The number of hydrogen-bond acceptors (Lipinski definition) is 2. The van der Waals surface area contributed by atoms with Crippen molar-refractivity contribution >= 4 is 18.3 Å². The molecule has 1 aromatic rings. The molecular weight excluding hydrogens is 269 g/mol. The standard InChI is InChI=1S/C11H13F3N2O.ClH/c1-7-2-8(4-9(12)3-7)10(17)16-6-11(13,14)5-15;/h2-4H,5-6,15H2,1H3,(H,16,17);1H. The Morgan fingerprint density at radius 3 is 2.50 bits per heavy atom. The summed E-state index contributed by atoms with van der Waals surface area (Å²) in [5.74, 6) is -4.49. The Hall–Kier alpha value is -1.27. The lowest BCUT2D eigenvalue weighted by molar-refractivity contribution is 0.0118. The zero-order valence-electron chi connectivity index (χ0n) is 9.67. The first-order valence-electron chi connectivity index (χ1n) is 4.97. The largest absolute Gasteiger partial charge is 0.346 e. The predicted octanol–water partition coefficient (Wildman–Crippen LogP) is 1.88. The van der Waals surface area contributed by atoms with E-state index in [1.807, 2.05) is 5.32 Å². The van der Waals surface area contributed by atoms with E-state index in [0.29, 0.717) is 5.56 Å². The Labute approximate surface area is 109 Å². The van der Waals surface area contributed by atoms with Crippen LogP contribution >= 0.6 is 12.4 Å². The summed E-state index contributed by atoms with van der Waals surface area (Å²) in [6.45, 7) is -0.109.